The third kappa shape index (κ3) is 3.59. The molecule has 0 bridgehead atoms. The number of rotatable bonds is 7. The summed E-state index contributed by atoms with van der Waals surface area (Å²) in [5.41, 5.74) is 4.29. The fourth-order valence-corrected chi connectivity index (χ4v) is 1.75. The molecule has 1 aromatic carbocycles. The fourth-order valence-electron chi connectivity index (χ4n) is 1.75. The molecule has 2 rings (SSSR count). The van der Waals surface area contributed by atoms with Crippen molar-refractivity contribution in [3.05, 3.63) is 35.9 Å². The molecule has 0 heterocycles. The van der Waals surface area contributed by atoms with Gasteiger partial charge in [0, 0.05) is 7.11 Å². The van der Waals surface area contributed by atoms with Crippen molar-refractivity contribution in [2.45, 2.75) is 25.5 Å². The standard InChI is InChI=1S/C13H19NO2/c1-15-10-13(12-7-8-12)14-16-9-11-5-3-2-4-6-11/h2-6,12-14H,7-10H2,1H3. The van der Waals surface area contributed by atoms with Gasteiger partial charge in [0.1, 0.15) is 0 Å². The normalized spacial score (nSPS) is 17.3. The van der Waals surface area contributed by atoms with Gasteiger partial charge in [0.25, 0.3) is 0 Å². The molecule has 0 amide bonds. The minimum Gasteiger partial charge on any atom is -0.383 e. The van der Waals surface area contributed by atoms with Crippen molar-refractivity contribution >= 4 is 0 Å². The van der Waals surface area contributed by atoms with Gasteiger partial charge in [-0.15, -0.1) is 0 Å². The highest BCUT2D eigenvalue weighted by atomic mass is 16.6. The Kier molecular flexibility index (Phi) is 4.34. The van der Waals surface area contributed by atoms with Gasteiger partial charge in [0.2, 0.25) is 0 Å². The Labute approximate surface area is 96.7 Å². The molecule has 1 saturated carbocycles. The summed E-state index contributed by atoms with van der Waals surface area (Å²) in [6.07, 6.45) is 2.57. The highest BCUT2D eigenvalue weighted by Gasteiger charge is 2.31. The van der Waals surface area contributed by atoms with Crippen LogP contribution in [0.25, 0.3) is 0 Å². The first-order chi connectivity index (χ1) is 7.90. The second-order valence-corrected chi connectivity index (χ2v) is 4.29. The number of ether oxygens (including phenoxy) is 1. The van der Waals surface area contributed by atoms with Crippen LogP contribution < -0.4 is 5.48 Å². The lowest BCUT2D eigenvalue weighted by atomic mass is 10.2. The summed E-state index contributed by atoms with van der Waals surface area (Å²) in [4.78, 5) is 5.51. The average molecular weight is 221 g/mol. The molecule has 88 valence electrons. The lowest BCUT2D eigenvalue weighted by Crippen LogP contribution is -2.35. The lowest BCUT2D eigenvalue weighted by Gasteiger charge is -2.16. The molecule has 1 aliphatic carbocycles. The van der Waals surface area contributed by atoms with Crippen LogP contribution in [0.15, 0.2) is 30.3 Å². The van der Waals surface area contributed by atoms with Gasteiger partial charge < -0.3 is 4.74 Å². The van der Waals surface area contributed by atoms with Gasteiger partial charge >= 0.3 is 0 Å². The summed E-state index contributed by atoms with van der Waals surface area (Å²) < 4.78 is 5.17. The molecular weight excluding hydrogens is 202 g/mol. The van der Waals surface area contributed by atoms with Crippen LogP contribution in [0.2, 0.25) is 0 Å². The number of hydroxylamine groups is 1. The summed E-state index contributed by atoms with van der Waals surface area (Å²) in [6.45, 7) is 1.33. The predicted octanol–water partition coefficient (Wildman–Crippen LogP) is 2.13. The van der Waals surface area contributed by atoms with Crippen molar-refractivity contribution in [2.24, 2.45) is 5.92 Å². The van der Waals surface area contributed by atoms with Crippen molar-refractivity contribution in [1.29, 1.82) is 0 Å². The van der Waals surface area contributed by atoms with Crippen LogP contribution in [-0.2, 0) is 16.2 Å². The van der Waals surface area contributed by atoms with E-state index in [0.717, 1.165) is 12.5 Å². The van der Waals surface area contributed by atoms with Gasteiger partial charge in [-0.3, -0.25) is 4.84 Å². The highest BCUT2D eigenvalue weighted by Crippen LogP contribution is 2.32. The molecule has 3 heteroatoms. The maximum atomic E-state index is 5.51. The van der Waals surface area contributed by atoms with E-state index in [9.17, 15) is 0 Å². The van der Waals surface area contributed by atoms with Crippen LogP contribution in [0.5, 0.6) is 0 Å². The molecule has 0 aliphatic heterocycles. The lowest BCUT2D eigenvalue weighted by molar-refractivity contribution is -0.0209. The zero-order valence-corrected chi connectivity index (χ0v) is 9.69. The molecule has 0 radical (unpaired) electrons. The van der Waals surface area contributed by atoms with Gasteiger partial charge in [-0.1, -0.05) is 30.3 Å². The van der Waals surface area contributed by atoms with E-state index in [1.165, 1.54) is 18.4 Å². The smallest absolute Gasteiger partial charge is 0.0933 e. The topological polar surface area (TPSA) is 30.5 Å². The van der Waals surface area contributed by atoms with E-state index in [2.05, 4.69) is 17.6 Å². The van der Waals surface area contributed by atoms with E-state index >= 15 is 0 Å². The Morgan fingerprint density at radius 3 is 2.69 bits per heavy atom. The molecule has 1 aliphatic rings. The molecular formula is C13H19NO2. The summed E-state index contributed by atoms with van der Waals surface area (Å²) in [7, 11) is 1.73. The Balaban J connectivity index is 1.70. The number of hydrogen-bond donors (Lipinski definition) is 1. The molecule has 0 saturated heterocycles. The summed E-state index contributed by atoms with van der Waals surface area (Å²) in [5, 5.41) is 0. The van der Waals surface area contributed by atoms with Crippen LogP contribution in [0, 0.1) is 5.92 Å². The van der Waals surface area contributed by atoms with Crippen molar-refractivity contribution < 1.29 is 9.57 Å². The molecule has 0 aromatic heterocycles. The minimum absolute atomic E-state index is 0.341. The van der Waals surface area contributed by atoms with E-state index in [0.29, 0.717) is 12.6 Å². The van der Waals surface area contributed by atoms with Crippen LogP contribution in [0.1, 0.15) is 18.4 Å². The monoisotopic (exact) mass is 221 g/mol. The summed E-state index contributed by atoms with van der Waals surface area (Å²) in [6, 6.07) is 10.5. The average Bonchev–Trinajstić information content (AvgIpc) is 3.13. The van der Waals surface area contributed by atoms with Gasteiger partial charge in [0.15, 0.2) is 0 Å². The maximum Gasteiger partial charge on any atom is 0.0933 e. The van der Waals surface area contributed by atoms with Crippen LogP contribution in [0.4, 0.5) is 0 Å². The first kappa shape index (κ1) is 11.6. The zero-order valence-electron chi connectivity index (χ0n) is 9.69. The van der Waals surface area contributed by atoms with Gasteiger partial charge in [-0.2, -0.15) is 5.48 Å². The molecule has 0 spiro atoms. The van der Waals surface area contributed by atoms with Crippen LogP contribution in [-0.4, -0.2) is 19.8 Å². The summed E-state index contributed by atoms with van der Waals surface area (Å²) >= 11 is 0. The second-order valence-electron chi connectivity index (χ2n) is 4.29. The first-order valence-electron chi connectivity index (χ1n) is 5.80. The molecule has 3 nitrogen and oxygen atoms in total. The Morgan fingerprint density at radius 1 is 1.31 bits per heavy atom. The molecule has 1 atom stereocenters. The summed E-state index contributed by atoms with van der Waals surface area (Å²) in [5.74, 6) is 0.732. The molecule has 1 aromatic rings. The van der Waals surface area contributed by atoms with Gasteiger partial charge in [-0.25, -0.2) is 0 Å². The molecule has 1 fully saturated rings. The van der Waals surface area contributed by atoms with E-state index in [1.807, 2.05) is 18.2 Å². The third-order valence-corrected chi connectivity index (χ3v) is 2.85. The predicted molar refractivity (Wildman–Crippen MR) is 62.8 cm³/mol. The van der Waals surface area contributed by atoms with E-state index in [4.69, 9.17) is 9.57 Å². The third-order valence-electron chi connectivity index (χ3n) is 2.85. The maximum absolute atomic E-state index is 5.51. The van der Waals surface area contributed by atoms with Crippen LogP contribution >= 0.6 is 0 Å². The van der Waals surface area contributed by atoms with Crippen molar-refractivity contribution in [1.82, 2.24) is 5.48 Å². The molecule has 16 heavy (non-hydrogen) atoms. The van der Waals surface area contributed by atoms with Crippen molar-refractivity contribution in [3.63, 3.8) is 0 Å². The molecule has 1 unspecified atom stereocenters. The van der Waals surface area contributed by atoms with Crippen molar-refractivity contribution in [2.75, 3.05) is 13.7 Å². The fraction of sp³-hybridized carbons (Fsp3) is 0.538. The second kappa shape index (κ2) is 5.99. The SMILES string of the molecule is COCC(NOCc1ccccc1)C1CC1. The Hall–Kier alpha value is -0.900. The van der Waals surface area contributed by atoms with Gasteiger partial charge in [0.05, 0.1) is 19.3 Å². The van der Waals surface area contributed by atoms with Gasteiger partial charge in [-0.05, 0) is 24.3 Å². The first-order valence-corrected chi connectivity index (χ1v) is 5.80. The minimum atomic E-state index is 0.341. The van der Waals surface area contributed by atoms with E-state index in [-0.39, 0.29) is 0 Å². The van der Waals surface area contributed by atoms with Crippen LogP contribution in [0.3, 0.4) is 0 Å². The molecule has 1 N–H and O–H groups in total. The quantitative estimate of drug-likeness (QED) is 0.715. The number of benzene rings is 1. The largest absolute Gasteiger partial charge is 0.383 e. The highest BCUT2D eigenvalue weighted by molar-refractivity contribution is 5.13. The van der Waals surface area contributed by atoms with Crippen molar-refractivity contribution in [3.8, 4) is 0 Å². The Morgan fingerprint density at radius 2 is 2.06 bits per heavy atom. The number of nitrogens with one attached hydrogen (secondary N) is 1. The number of hydrogen-bond acceptors (Lipinski definition) is 3. The number of methoxy groups -OCH3 is 1. The Bertz CT molecular complexity index is 298. The zero-order chi connectivity index (χ0) is 11.2. The van der Waals surface area contributed by atoms with E-state index < -0.39 is 0 Å². The van der Waals surface area contributed by atoms with E-state index in [1.54, 1.807) is 7.11 Å².